The minimum Gasteiger partial charge on any atom is -0.469 e. The first-order chi connectivity index (χ1) is 14.5. The van der Waals surface area contributed by atoms with Gasteiger partial charge < -0.3 is 9.73 Å². The topological polar surface area (TPSA) is 84.2 Å². The van der Waals surface area contributed by atoms with Crippen LogP contribution in [0.25, 0.3) is 10.8 Å². The molecule has 0 saturated carbocycles. The molecule has 0 bridgehead atoms. The molecule has 0 spiro atoms. The minimum atomic E-state index is -0.281. The van der Waals surface area contributed by atoms with E-state index in [0.29, 0.717) is 22.1 Å². The first-order valence-corrected chi connectivity index (χ1v) is 10.5. The summed E-state index contributed by atoms with van der Waals surface area (Å²) in [6.07, 6.45) is 1.62. The number of hydrogen-bond acceptors (Lipinski definition) is 5. The summed E-state index contributed by atoms with van der Waals surface area (Å²) < 4.78 is 5.15. The number of hydrogen-bond donors (Lipinski definition) is 2. The molecule has 4 aromatic rings. The first-order valence-electron chi connectivity index (χ1n) is 9.58. The standard InChI is InChI=1S/C23H21N3O3S/c1-14(18-9-5-7-16-6-3-4-8-20(16)18)24-21(27)12-17-13-30-23(25-17)26-22(28)19-10-11-29-15(19)2/h3-11,13-14H,12H2,1-2H3,(H,24,27)(H,25,26,28)/t14-/m0/s1. The number of rotatable bonds is 6. The largest absolute Gasteiger partial charge is 0.469 e. The monoisotopic (exact) mass is 419 g/mol. The summed E-state index contributed by atoms with van der Waals surface area (Å²) in [6, 6.07) is 15.7. The predicted molar refractivity (Wildman–Crippen MR) is 118 cm³/mol. The van der Waals surface area contributed by atoms with Gasteiger partial charge in [0, 0.05) is 5.38 Å². The smallest absolute Gasteiger partial charge is 0.260 e. The van der Waals surface area contributed by atoms with Crippen LogP contribution in [0.2, 0.25) is 0 Å². The van der Waals surface area contributed by atoms with Gasteiger partial charge in [0.15, 0.2) is 5.13 Å². The van der Waals surface area contributed by atoms with Crippen molar-refractivity contribution in [3.05, 3.63) is 82.8 Å². The van der Waals surface area contributed by atoms with Gasteiger partial charge in [-0.05, 0) is 36.2 Å². The molecule has 2 aromatic heterocycles. The molecule has 30 heavy (non-hydrogen) atoms. The normalized spacial score (nSPS) is 11.9. The van der Waals surface area contributed by atoms with Crippen molar-refractivity contribution < 1.29 is 14.0 Å². The lowest BCUT2D eigenvalue weighted by Gasteiger charge is -2.16. The number of anilines is 1. The number of aryl methyl sites for hydroxylation is 1. The van der Waals surface area contributed by atoms with Crippen LogP contribution in [0.3, 0.4) is 0 Å². The molecule has 0 unspecified atom stereocenters. The van der Waals surface area contributed by atoms with E-state index < -0.39 is 0 Å². The molecule has 2 amide bonds. The molecule has 1 atom stereocenters. The Morgan fingerprint density at radius 3 is 2.73 bits per heavy atom. The maximum Gasteiger partial charge on any atom is 0.260 e. The van der Waals surface area contributed by atoms with E-state index in [1.165, 1.54) is 17.6 Å². The van der Waals surface area contributed by atoms with Crippen LogP contribution >= 0.6 is 11.3 Å². The Balaban J connectivity index is 1.38. The fourth-order valence-corrected chi connectivity index (χ4v) is 4.10. The number of amides is 2. The summed E-state index contributed by atoms with van der Waals surface area (Å²) in [6.45, 7) is 3.70. The fraction of sp³-hybridized carbons (Fsp3) is 0.174. The van der Waals surface area contributed by atoms with Gasteiger partial charge in [-0.15, -0.1) is 11.3 Å². The second kappa shape index (κ2) is 8.51. The highest BCUT2D eigenvalue weighted by Gasteiger charge is 2.16. The summed E-state index contributed by atoms with van der Waals surface area (Å²) in [7, 11) is 0. The van der Waals surface area contributed by atoms with Gasteiger partial charge in [0.1, 0.15) is 5.76 Å². The zero-order valence-corrected chi connectivity index (χ0v) is 17.5. The Hall–Kier alpha value is -3.45. The molecule has 0 radical (unpaired) electrons. The Morgan fingerprint density at radius 2 is 1.93 bits per heavy atom. The van der Waals surface area contributed by atoms with Gasteiger partial charge in [0.05, 0.1) is 30.0 Å². The third kappa shape index (κ3) is 4.26. The number of thiazole rings is 1. The maximum absolute atomic E-state index is 12.5. The number of furan rings is 1. The molecule has 2 aromatic carbocycles. The van der Waals surface area contributed by atoms with Crippen LogP contribution in [-0.2, 0) is 11.2 Å². The summed E-state index contributed by atoms with van der Waals surface area (Å²) in [5.41, 5.74) is 2.15. The Labute approximate surface area is 177 Å². The molecule has 2 N–H and O–H groups in total. The van der Waals surface area contributed by atoms with E-state index in [4.69, 9.17) is 4.42 Å². The Kier molecular flexibility index (Phi) is 5.63. The van der Waals surface area contributed by atoms with Crippen molar-refractivity contribution in [2.24, 2.45) is 0 Å². The fourth-order valence-electron chi connectivity index (χ4n) is 3.39. The third-order valence-electron chi connectivity index (χ3n) is 4.88. The van der Waals surface area contributed by atoms with Crippen LogP contribution in [0.15, 0.2) is 64.6 Å². The van der Waals surface area contributed by atoms with Crippen LogP contribution < -0.4 is 10.6 Å². The lowest BCUT2D eigenvalue weighted by Crippen LogP contribution is -2.28. The molecule has 0 fully saturated rings. The van der Waals surface area contributed by atoms with Crippen molar-refractivity contribution in [1.82, 2.24) is 10.3 Å². The summed E-state index contributed by atoms with van der Waals surface area (Å²) in [5.74, 6) is 0.145. The van der Waals surface area contributed by atoms with Crippen molar-refractivity contribution in [1.29, 1.82) is 0 Å². The molecule has 7 heteroatoms. The van der Waals surface area contributed by atoms with E-state index >= 15 is 0 Å². The van der Waals surface area contributed by atoms with Crippen molar-refractivity contribution in [3.8, 4) is 0 Å². The third-order valence-corrected chi connectivity index (χ3v) is 5.69. The van der Waals surface area contributed by atoms with E-state index in [1.54, 1.807) is 18.4 Å². The van der Waals surface area contributed by atoms with E-state index in [2.05, 4.69) is 33.8 Å². The van der Waals surface area contributed by atoms with Crippen LogP contribution in [0.5, 0.6) is 0 Å². The summed E-state index contributed by atoms with van der Waals surface area (Å²) in [4.78, 5) is 29.2. The number of nitrogens with zero attached hydrogens (tertiary/aromatic N) is 1. The molecule has 4 rings (SSSR count). The summed E-state index contributed by atoms with van der Waals surface area (Å²) >= 11 is 1.29. The van der Waals surface area contributed by atoms with Crippen LogP contribution in [0, 0.1) is 6.92 Å². The van der Waals surface area contributed by atoms with Gasteiger partial charge in [-0.25, -0.2) is 4.98 Å². The number of carbonyl (C=O) groups is 2. The lowest BCUT2D eigenvalue weighted by molar-refractivity contribution is -0.121. The molecule has 0 aliphatic heterocycles. The molecule has 6 nitrogen and oxygen atoms in total. The van der Waals surface area contributed by atoms with E-state index in [-0.39, 0.29) is 24.3 Å². The number of nitrogens with one attached hydrogen (secondary N) is 2. The molecular weight excluding hydrogens is 398 g/mol. The van der Waals surface area contributed by atoms with E-state index in [9.17, 15) is 9.59 Å². The van der Waals surface area contributed by atoms with Crippen molar-refractivity contribution in [3.63, 3.8) is 0 Å². The average molecular weight is 420 g/mol. The SMILES string of the molecule is Cc1occc1C(=O)Nc1nc(CC(=O)N[C@@H](C)c2cccc3ccccc23)cs1. The number of carbonyl (C=O) groups excluding carboxylic acids is 2. The first kappa shape index (κ1) is 19.8. The zero-order chi connectivity index (χ0) is 21.1. The maximum atomic E-state index is 12.5. The van der Waals surface area contributed by atoms with Gasteiger partial charge >= 0.3 is 0 Å². The lowest BCUT2D eigenvalue weighted by atomic mass is 9.99. The highest BCUT2D eigenvalue weighted by molar-refractivity contribution is 7.14. The molecule has 0 aliphatic rings. The van der Waals surface area contributed by atoms with Gasteiger partial charge in [0.2, 0.25) is 5.91 Å². The molecule has 0 saturated heterocycles. The van der Waals surface area contributed by atoms with Gasteiger partial charge in [-0.2, -0.15) is 0 Å². The number of benzene rings is 2. The Morgan fingerprint density at radius 1 is 1.13 bits per heavy atom. The van der Waals surface area contributed by atoms with Crippen molar-refractivity contribution in [2.75, 3.05) is 5.32 Å². The van der Waals surface area contributed by atoms with Gasteiger partial charge in [-0.1, -0.05) is 42.5 Å². The second-order valence-corrected chi connectivity index (χ2v) is 7.88. The zero-order valence-electron chi connectivity index (χ0n) is 16.6. The predicted octanol–water partition coefficient (Wildman–Crippen LogP) is 4.87. The highest BCUT2D eigenvalue weighted by atomic mass is 32.1. The molecule has 0 aliphatic carbocycles. The molecule has 152 valence electrons. The minimum absolute atomic E-state index is 0.121. The van der Waals surface area contributed by atoms with E-state index in [0.717, 1.165) is 16.3 Å². The van der Waals surface area contributed by atoms with Gasteiger partial charge in [0.25, 0.3) is 5.91 Å². The average Bonchev–Trinajstić information content (AvgIpc) is 3.35. The van der Waals surface area contributed by atoms with E-state index in [1.807, 2.05) is 31.2 Å². The second-order valence-electron chi connectivity index (χ2n) is 7.02. The van der Waals surface area contributed by atoms with Crippen LogP contribution in [0.4, 0.5) is 5.13 Å². The van der Waals surface area contributed by atoms with Crippen molar-refractivity contribution in [2.45, 2.75) is 26.3 Å². The summed E-state index contributed by atoms with van der Waals surface area (Å²) in [5, 5.41) is 10.3. The van der Waals surface area contributed by atoms with Crippen LogP contribution in [-0.4, -0.2) is 16.8 Å². The van der Waals surface area contributed by atoms with Gasteiger partial charge in [-0.3, -0.25) is 14.9 Å². The van der Waals surface area contributed by atoms with Crippen molar-refractivity contribution >= 4 is 39.1 Å². The Bertz CT molecular complexity index is 1210. The number of aromatic nitrogens is 1. The highest BCUT2D eigenvalue weighted by Crippen LogP contribution is 2.24. The number of fused-ring (bicyclic) bond motifs is 1. The molecular formula is C23H21N3O3S. The quantitative estimate of drug-likeness (QED) is 0.467. The molecule has 2 heterocycles. The van der Waals surface area contributed by atoms with Crippen LogP contribution in [0.1, 0.15) is 40.3 Å².